The Balaban J connectivity index is 1.53. The smallest absolute Gasteiger partial charge is 0.234 e. The highest BCUT2D eigenvalue weighted by molar-refractivity contribution is 5.78. The minimum Gasteiger partial charge on any atom is -0.348 e. The van der Waals surface area contributed by atoms with Crippen molar-refractivity contribution in [1.29, 1.82) is 0 Å². The van der Waals surface area contributed by atoms with Crippen molar-refractivity contribution in [3.05, 3.63) is 42.0 Å². The summed E-state index contributed by atoms with van der Waals surface area (Å²) in [6.45, 7) is 7.02. The van der Waals surface area contributed by atoms with Crippen molar-refractivity contribution < 1.29 is 4.79 Å². The second-order valence-electron chi connectivity index (χ2n) is 8.84. The second kappa shape index (κ2) is 7.95. The van der Waals surface area contributed by atoms with Crippen molar-refractivity contribution >= 4 is 5.91 Å². The van der Waals surface area contributed by atoms with Gasteiger partial charge < -0.3 is 5.32 Å². The summed E-state index contributed by atoms with van der Waals surface area (Å²) in [6.07, 6.45) is 10.9. The Labute approximate surface area is 166 Å². The Morgan fingerprint density at radius 3 is 2.82 bits per heavy atom. The van der Waals surface area contributed by atoms with E-state index in [9.17, 15) is 4.79 Å². The normalized spacial score (nSPS) is 21.7. The molecule has 28 heavy (non-hydrogen) atoms. The maximum absolute atomic E-state index is 12.7. The molecule has 2 aromatic heterocycles. The Morgan fingerprint density at radius 2 is 2.07 bits per heavy atom. The molecule has 0 aromatic carbocycles. The molecule has 0 spiro atoms. The van der Waals surface area contributed by atoms with Crippen LogP contribution in [0.5, 0.6) is 0 Å². The molecule has 1 aliphatic carbocycles. The van der Waals surface area contributed by atoms with Crippen LogP contribution in [0.25, 0.3) is 11.4 Å². The van der Waals surface area contributed by atoms with Crippen LogP contribution in [0.4, 0.5) is 0 Å². The molecule has 2 aliphatic rings. The lowest BCUT2D eigenvalue weighted by Crippen LogP contribution is -2.43. The molecule has 6 heteroatoms. The molecule has 4 rings (SSSR count). The number of likely N-dealkylation sites (tertiary alicyclic amines) is 1. The molecule has 148 valence electrons. The number of rotatable bonds is 4. The van der Waals surface area contributed by atoms with Crippen molar-refractivity contribution in [1.82, 2.24) is 25.2 Å². The first-order valence-corrected chi connectivity index (χ1v) is 10.3. The van der Waals surface area contributed by atoms with Crippen LogP contribution in [-0.4, -0.2) is 45.4 Å². The molecule has 1 aliphatic heterocycles. The number of carbonyl (C=O) groups is 1. The van der Waals surface area contributed by atoms with Crippen LogP contribution < -0.4 is 5.32 Å². The van der Waals surface area contributed by atoms with Crippen LogP contribution >= 0.6 is 0 Å². The molecule has 1 fully saturated rings. The van der Waals surface area contributed by atoms with Crippen LogP contribution in [0.1, 0.15) is 56.8 Å². The Morgan fingerprint density at radius 1 is 1.25 bits per heavy atom. The highest BCUT2D eigenvalue weighted by Crippen LogP contribution is 2.40. The number of hydrogen-bond acceptors (Lipinski definition) is 5. The minimum absolute atomic E-state index is 0.0287. The van der Waals surface area contributed by atoms with Gasteiger partial charge in [0.25, 0.3) is 0 Å². The second-order valence-corrected chi connectivity index (χ2v) is 8.84. The fraction of sp³-hybridized carbons (Fsp3) is 0.545. The average Bonchev–Trinajstić information content (AvgIpc) is 2.68. The van der Waals surface area contributed by atoms with Gasteiger partial charge in [-0.25, -0.2) is 9.97 Å². The first-order valence-electron chi connectivity index (χ1n) is 10.3. The van der Waals surface area contributed by atoms with Gasteiger partial charge in [-0.2, -0.15) is 0 Å². The highest BCUT2D eigenvalue weighted by atomic mass is 16.2. The predicted octanol–water partition coefficient (Wildman–Crippen LogP) is 3.15. The lowest BCUT2D eigenvalue weighted by molar-refractivity contribution is -0.123. The summed E-state index contributed by atoms with van der Waals surface area (Å²) in [6, 6.07) is 3.84. The maximum Gasteiger partial charge on any atom is 0.234 e. The number of nitrogens with zero attached hydrogens (tertiary/aromatic N) is 4. The number of carbonyl (C=O) groups excluding carboxylic acids is 1. The van der Waals surface area contributed by atoms with Gasteiger partial charge in [-0.3, -0.25) is 14.7 Å². The van der Waals surface area contributed by atoms with Crippen molar-refractivity contribution in [3.63, 3.8) is 0 Å². The van der Waals surface area contributed by atoms with Crippen LogP contribution in [0.3, 0.4) is 0 Å². The fourth-order valence-electron chi connectivity index (χ4n) is 4.37. The first kappa shape index (κ1) is 19.0. The molecule has 6 nitrogen and oxygen atoms in total. The average molecular weight is 380 g/mol. The van der Waals surface area contributed by atoms with E-state index in [0.717, 1.165) is 42.8 Å². The lowest BCUT2D eigenvalue weighted by Gasteiger charge is -2.37. The number of fused-ring (bicyclic) bond motifs is 1. The Hall–Kier alpha value is -2.34. The van der Waals surface area contributed by atoms with Gasteiger partial charge >= 0.3 is 0 Å². The van der Waals surface area contributed by atoms with E-state index in [1.807, 2.05) is 18.3 Å². The van der Waals surface area contributed by atoms with Crippen LogP contribution in [0.2, 0.25) is 0 Å². The number of hydrogen-bond donors (Lipinski definition) is 1. The molecule has 0 unspecified atom stereocenters. The third kappa shape index (κ3) is 4.38. The lowest BCUT2D eigenvalue weighted by atomic mass is 9.74. The van der Waals surface area contributed by atoms with Crippen LogP contribution in [-0.2, 0) is 11.2 Å². The topological polar surface area (TPSA) is 71.0 Å². The molecule has 1 amide bonds. The van der Waals surface area contributed by atoms with E-state index >= 15 is 0 Å². The van der Waals surface area contributed by atoms with E-state index in [4.69, 9.17) is 4.98 Å². The van der Waals surface area contributed by atoms with Gasteiger partial charge in [-0.1, -0.05) is 20.3 Å². The molecule has 1 saturated heterocycles. The third-order valence-corrected chi connectivity index (χ3v) is 5.75. The zero-order valence-electron chi connectivity index (χ0n) is 16.8. The SMILES string of the molecule is CC1(C)Cc2nc(-c3cccnc3)ncc2[C@H](NC(=O)CN2CCCCC2)C1. The van der Waals surface area contributed by atoms with Gasteiger partial charge in [-0.15, -0.1) is 0 Å². The van der Waals surface area contributed by atoms with E-state index in [1.165, 1.54) is 19.3 Å². The number of piperidine rings is 1. The largest absolute Gasteiger partial charge is 0.348 e. The quantitative estimate of drug-likeness (QED) is 0.884. The monoisotopic (exact) mass is 379 g/mol. The van der Waals surface area contributed by atoms with Crippen molar-refractivity contribution in [3.8, 4) is 11.4 Å². The zero-order chi connectivity index (χ0) is 19.6. The van der Waals surface area contributed by atoms with Crippen molar-refractivity contribution in [2.75, 3.05) is 19.6 Å². The molecule has 1 N–H and O–H groups in total. The molecule has 1 atom stereocenters. The fourth-order valence-corrected chi connectivity index (χ4v) is 4.37. The van der Waals surface area contributed by atoms with Gasteiger partial charge in [0.2, 0.25) is 5.91 Å². The van der Waals surface area contributed by atoms with E-state index in [1.54, 1.807) is 12.4 Å². The number of amides is 1. The number of nitrogens with one attached hydrogen (secondary N) is 1. The van der Waals surface area contributed by atoms with Gasteiger partial charge in [0.15, 0.2) is 5.82 Å². The van der Waals surface area contributed by atoms with Crippen molar-refractivity contribution in [2.45, 2.75) is 52.0 Å². The zero-order valence-corrected chi connectivity index (χ0v) is 16.8. The molecular formula is C22H29N5O. The van der Waals surface area contributed by atoms with E-state index in [0.29, 0.717) is 12.4 Å². The minimum atomic E-state index is -0.0287. The van der Waals surface area contributed by atoms with Crippen LogP contribution in [0, 0.1) is 5.41 Å². The van der Waals surface area contributed by atoms with Gasteiger partial charge in [-0.05, 0) is 56.3 Å². The predicted molar refractivity (Wildman–Crippen MR) is 109 cm³/mol. The van der Waals surface area contributed by atoms with Crippen LogP contribution in [0.15, 0.2) is 30.7 Å². The Bertz CT molecular complexity index is 830. The standard InChI is InChI=1S/C22H29N5O/c1-22(2)11-18(25-20(28)15-27-9-4-3-5-10-27)17-14-24-21(26-19(17)12-22)16-7-6-8-23-13-16/h6-8,13-14,18H,3-5,9-12,15H2,1-2H3,(H,25,28)/t18-/m1/s1. The summed E-state index contributed by atoms with van der Waals surface area (Å²) < 4.78 is 0. The molecular weight excluding hydrogens is 350 g/mol. The van der Waals surface area contributed by atoms with Crippen molar-refractivity contribution in [2.24, 2.45) is 5.41 Å². The van der Waals surface area contributed by atoms with Gasteiger partial charge in [0.05, 0.1) is 18.3 Å². The number of aromatic nitrogens is 3. The summed E-state index contributed by atoms with van der Waals surface area (Å²) in [7, 11) is 0. The summed E-state index contributed by atoms with van der Waals surface area (Å²) in [5.41, 5.74) is 3.09. The summed E-state index contributed by atoms with van der Waals surface area (Å²) in [4.78, 5) is 28.5. The summed E-state index contributed by atoms with van der Waals surface area (Å²) in [5.74, 6) is 0.801. The first-order chi connectivity index (χ1) is 13.5. The molecule has 3 heterocycles. The molecule has 0 bridgehead atoms. The third-order valence-electron chi connectivity index (χ3n) is 5.75. The van der Waals surface area contributed by atoms with Gasteiger partial charge in [0.1, 0.15) is 0 Å². The summed E-state index contributed by atoms with van der Waals surface area (Å²) in [5, 5.41) is 3.26. The van der Waals surface area contributed by atoms with E-state index in [2.05, 4.69) is 34.0 Å². The summed E-state index contributed by atoms with van der Waals surface area (Å²) >= 11 is 0. The van der Waals surface area contributed by atoms with E-state index in [-0.39, 0.29) is 17.4 Å². The molecule has 0 saturated carbocycles. The van der Waals surface area contributed by atoms with Gasteiger partial charge in [0, 0.05) is 29.7 Å². The van der Waals surface area contributed by atoms with E-state index < -0.39 is 0 Å². The maximum atomic E-state index is 12.7. The Kier molecular flexibility index (Phi) is 5.40. The number of pyridine rings is 1. The molecule has 0 radical (unpaired) electrons. The highest BCUT2D eigenvalue weighted by Gasteiger charge is 2.34. The molecule has 2 aromatic rings.